The maximum Gasteiger partial charge on any atom is 0.256 e. The SMILES string of the molecule is C#Cc1nc(NC(=O)C(=C)c2ccc(-c3cccc4ncsc34)cc2)cs1. The van der Waals surface area contributed by atoms with Crippen molar-refractivity contribution in [3.05, 3.63) is 70.5 Å². The van der Waals surface area contributed by atoms with Gasteiger partial charge < -0.3 is 5.32 Å². The molecule has 0 bridgehead atoms. The molecule has 0 fully saturated rings. The van der Waals surface area contributed by atoms with Crippen molar-refractivity contribution in [2.75, 3.05) is 5.32 Å². The van der Waals surface area contributed by atoms with E-state index in [9.17, 15) is 4.79 Å². The van der Waals surface area contributed by atoms with Gasteiger partial charge >= 0.3 is 0 Å². The van der Waals surface area contributed by atoms with Crippen molar-refractivity contribution in [1.29, 1.82) is 0 Å². The number of rotatable bonds is 4. The predicted octanol–water partition coefficient (Wildman–Crippen LogP) is 5.05. The maximum absolute atomic E-state index is 12.4. The molecule has 0 aliphatic carbocycles. The van der Waals surface area contributed by atoms with Crippen LogP contribution in [0.15, 0.2) is 59.9 Å². The zero-order valence-electron chi connectivity index (χ0n) is 14.1. The Labute approximate surface area is 164 Å². The molecule has 0 spiro atoms. The molecule has 1 N–H and O–H groups in total. The second-order valence-electron chi connectivity index (χ2n) is 5.70. The van der Waals surface area contributed by atoms with Crippen molar-refractivity contribution in [2.24, 2.45) is 0 Å². The summed E-state index contributed by atoms with van der Waals surface area (Å²) >= 11 is 2.92. The third-order valence-electron chi connectivity index (χ3n) is 4.04. The van der Waals surface area contributed by atoms with Crippen molar-refractivity contribution in [3.8, 4) is 23.5 Å². The van der Waals surface area contributed by atoms with Gasteiger partial charge in [0.15, 0.2) is 5.01 Å². The minimum absolute atomic E-state index is 0.304. The fraction of sp³-hybridized carbons (Fsp3) is 0. The third kappa shape index (κ3) is 3.38. The van der Waals surface area contributed by atoms with Gasteiger partial charge in [-0.15, -0.1) is 29.1 Å². The fourth-order valence-corrected chi connectivity index (χ4v) is 4.06. The summed E-state index contributed by atoms with van der Waals surface area (Å²) in [4.78, 5) is 20.9. The fourth-order valence-electron chi connectivity index (χ4n) is 2.68. The first-order valence-corrected chi connectivity index (χ1v) is 9.77. The number of anilines is 1. The minimum Gasteiger partial charge on any atom is -0.306 e. The molecular formula is C21H13N3OS2. The van der Waals surface area contributed by atoms with Crippen LogP contribution in [0.4, 0.5) is 5.82 Å². The van der Waals surface area contributed by atoms with Gasteiger partial charge in [0.05, 0.1) is 15.7 Å². The van der Waals surface area contributed by atoms with Crippen molar-refractivity contribution < 1.29 is 4.79 Å². The standard InChI is InChI=1S/C21H13N3OS2/c1-3-19-23-18(11-26-19)24-21(25)13(2)14-7-9-15(10-8-14)16-5-4-6-17-20(16)27-12-22-17/h1,4-12H,2H2,(H,24,25). The van der Waals surface area contributed by atoms with Gasteiger partial charge in [-0.05, 0) is 23.1 Å². The summed E-state index contributed by atoms with van der Waals surface area (Å²) in [6.07, 6.45) is 5.30. The second kappa shape index (κ2) is 7.16. The van der Waals surface area contributed by atoms with Crippen LogP contribution in [-0.2, 0) is 4.79 Å². The topological polar surface area (TPSA) is 54.9 Å². The lowest BCUT2D eigenvalue weighted by Gasteiger charge is -2.08. The van der Waals surface area contributed by atoms with Crippen molar-refractivity contribution >= 4 is 50.2 Å². The van der Waals surface area contributed by atoms with E-state index >= 15 is 0 Å². The maximum atomic E-state index is 12.4. The van der Waals surface area contributed by atoms with Gasteiger partial charge in [0.25, 0.3) is 5.91 Å². The summed E-state index contributed by atoms with van der Waals surface area (Å²) in [5.74, 6) is 2.58. The van der Waals surface area contributed by atoms with E-state index in [1.54, 1.807) is 16.7 Å². The monoisotopic (exact) mass is 387 g/mol. The molecule has 27 heavy (non-hydrogen) atoms. The number of terminal acetylenes is 1. The molecule has 2 aromatic heterocycles. The highest BCUT2D eigenvalue weighted by Gasteiger charge is 2.12. The number of amides is 1. The normalized spacial score (nSPS) is 10.5. The van der Waals surface area contributed by atoms with Crippen LogP contribution in [-0.4, -0.2) is 15.9 Å². The first-order valence-electron chi connectivity index (χ1n) is 8.01. The number of hydrogen-bond acceptors (Lipinski definition) is 5. The minimum atomic E-state index is -0.304. The average molecular weight is 387 g/mol. The molecule has 130 valence electrons. The lowest BCUT2D eigenvalue weighted by Crippen LogP contribution is -2.13. The number of carbonyl (C=O) groups is 1. The predicted molar refractivity (Wildman–Crippen MR) is 113 cm³/mol. The van der Waals surface area contributed by atoms with Gasteiger partial charge in [-0.3, -0.25) is 4.79 Å². The Morgan fingerprint density at radius 2 is 1.96 bits per heavy atom. The molecule has 0 aliphatic rings. The number of carbonyl (C=O) groups excluding carboxylic acids is 1. The summed E-state index contributed by atoms with van der Waals surface area (Å²) in [6.45, 7) is 3.91. The molecule has 4 rings (SSSR count). The van der Waals surface area contributed by atoms with E-state index < -0.39 is 0 Å². The van der Waals surface area contributed by atoms with E-state index in [1.807, 2.05) is 41.9 Å². The largest absolute Gasteiger partial charge is 0.306 e. The molecule has 0 atom stereocenters. The molecule has 0 unspecified atom stereocenters. The van der Waals surface area contributed by atoms with Crippen LogP contribution >= 0.6 is 22.7 Å². The van der Waals surface area contributed by atoms with E-state index in [-0.39, 0.29) is 5.91 Å². The van der Waals surface area contributed by atoms with Crippen LogP contribution in [0.2, 0.25) is 0 Å². The number of fused-ring (bicyclic) bond motifs is 1. The van der Waals surface area contributed by atoms with Crippen LogP contribution in [0.5, 0.6) is 0 Å². The van der Waals surface area contributed by atoms with Gasteiger partial charge in [0.2, 0.25) is 0 Å². The highest BCUT2D eigenvalue weighted by atomic mass is 32.1. The first-order chi connectivity index (χ1) is 13.2. The number of benzene rings is 2. The molecule has 4 aromatic rings. The van der Waals surface area contributed by atoms with Gasteiger partial charge in [-0.1, -0.05) is 43.0 Å². The number of thiazole rings is 2. The van der Waals surface area contributed by atoms with Crippen LogP contribution in [0.25, 0.3) is 26.9 Å². The Balaban J connectivity index is 1.55. The lowest BCUT2D eigenvalue weighted by molar-refractivity contribution is -0.111. The number of aromatic nitrogens is 2. The molecule has 0 radical (unpaired) electrons. The van der Waals surface area contributed by atoms with Crippen molar-refractivity contribution in [2.45, 2.75) is 0 Å². The summed E-state index contributed by atoms with van der Waals surface area (Å²) in [7, 11) is 0. The Morgan fingerprint density at radius 1 is 1.15 bits per heavy atom. The van der Waals surface area contributed by atoms with E-state index in [4.69, 9.17) is 6.42 Å². The number of hydrogen-bond donors (Lipinski definition) is 1. The zero-order chi connectivity index (χ0) is 18.8. The Kier molecular flexibility index (Phi) is 4.55. The third-order valence-corrected chi connectivity index (χ3v) is 5.69. The quantitative estimate of drug-likeness (QED) is 0.394. The molecule has 6 heteroatoms. The molecule has 0 saturated heterocycles. The Bertz CT molecular complexity index is 1200. The van der Waals surface area contributed by atoms with Crippen molar-refractivity contribution in [1.82, 2.24) is 9.97 Å². The molecule has 2 heterocycles. The Morgan fingerprint density at radius 3 is 2.70 bits per heavy atom. The number of nitrogens with zero attached hydrogens (tertiary/aromatic N) is 2. The van der Waals surface area contributed by atoms with Gasteiger partial charge in [0, 0.05) is 16.5 Å². The highest BCUT2D eigenvalue weighted by Crippen LogP contribution is 2.31. The second-order valence-corrected chi connectivity index (χ2v) is 7.41. The van der Waals surface area contributed by atoms with E-state index in [2.05, 4.69) is 33.9 Å². The van der Waals surface area contributed by atoms with E-state index in [1.165, 1.54) is 11.3 Å². The molecule has 1 amide bonds. The zero-order valence-corrected chi connectivity index (χ0v) is 15.7. The van der Waals surface area contributed by atoms with Crippen LogP contribution in [0, 0.1) is 12.3 Å². The molecule has 0 aliphatic heterocycles. The van der Waals surface area contributed by atoms with E-state index in [0.717, 1.165) is 26.9 Å². The summed E-state index contributed by atoms with van der Waals surface area (Å²) < 4.78 is 1.15. The van der Waals surface area contributed by atoms with Crippen LogP contribution in [0.1, 0.15) is 10.6 Å². The van der Waals surface area contributed by atoms with Gasteiger partial charge in [-0.25, -0.2) is 9.97 Å². The van der Waals surface area contributed by atoms with Crippen LogP contribution < -0.4 is 5.32 Å². The molecule has 0 saturated carbocycles. The lowest BCUT2D eigenvalue weighted by atomic mass is 10.0. The summed E-state index contributed by atoms with van der Waals surface area (Å²) in [6, 6.07) is 13.8. The molecular weight excluding hydrogens is 374 g/mol. The van der Waals surface area contributed by atoms with Crippen molar-refractivity contribution in [3.63, 3.8) is 0 Å². The average Bonchev–Trinajstić information content (AvgIpc) is 3.36. The first kappa shape index (κ1) is 17.2. The smallest absolute Gasteiger partial charge is 0.256 e. The Hall–Kier alpha value is -3.27. The summed E-state index contributed by atoms with van der Waals surface area (Å²) in [5, 5.41) is 4.95. The van der Waals surface area contributed by atoms with Crippen LogP contribution in [0.3, 0.4) is 0 Å². The molecule has 2 aromatic carbocycles. The number of nitrogens with one attached hydrogen (secondary N) is 1. The highest BCUT2D eigenvalue weighted by molar-refractivity contribution is 7.17. The van der Waals surface area contributed by atoms with Gasteiger partial charge in [0.1, 0.15) is 5.82 Å². The van der Waals surface area contributed by atoms with Gasteiger partial charge in [-0.2, -0.15) is 0 Å². The summed E-state index contributed by atoms with van der Waals surface area (Å²) in [5.41, 5.74) is 6.15. The van der Waals surface area contributed by atoms with E-state index in [0.29, 0.717) is 16.4 Å². The molecule has 4 nitrogen and oxygen atoms in total.